The summed E-state index contributed by atoms with van der Waals surface area (Å²) in [6, 6.07) is 0. The van der Waals surface area contributed by atoms with Gasteiger partial charge in [0, 0.05) is 0 Å². The van der Waals surface area contributed by atoms with Crippen molar-refractivity contribution >= 4 is 7.92 Å². The van der Waals surface area contributed by atoms with Gasteiger partial charge in [0.05, 0.1) is 11.7 Å². The van der Waals surface area contributed by atoms with Gasteiger partial charge in [0.15, 0.2) is 0 Å². The molecule has 2 unspecified atom stereocenters. The quantitative estimate of drug-likeness (QED) is 0.634. The molecule has 0 spiro atoms. The highest BCUT2D eigenvalue weighted by atomic mass is 31.1. The molecule has 0 aliphatic carbocycles. The van der Waals surface area contributed by atoms with Gasteiger partial charge in [-0.2, -0.15) is 0 Å². The fourth-order valence-electron chi connectivity index (χ4n) is 1.43. The van der Waals surface area contributed by atoms with Crippen LogP contribution in [0.3, 0.4) is 0 Å². The Morgan fingerprint density at radius 2 is 1.27 bits per heavy atom. The molecule has 3 heteroatoms. The van der Waals surface area contributed by atoms with Gasteiger partial charge in [0.2, 0.25) is 0 Å². The minimum absolute atomic E-state index is 0.0255. The number of aliphatic hydroxyl groups excluding tert-OH is 2. The molecule has 0 fully saturated rings. The molecule has 0 radical (unpaired) electrons. The van der Waals surface area contributed by atoms with Crippen molar-refractivity contribution in [1.82, 2.24) is 0 Å². The van der Waals surface area contributed by atoms with Crippen LogP contribution in [-0.4, -0.2) is 27.1 Å². The molecule has 68 valence electrons. The van der Waals surface area contributed by atoms with Crippen molar-refractivity contribution in [2.24, 2.45) is 0 Å². The molecule has 2 nitrogen and oxygen atoms in total. The average Bonchev–Trinajstić information content (AvgIpc) is 1.54. The van der Waals surface area contributed by atoms with Gasteiger partial charge >= 0.3 is 0 Å². The molecule has 0 heterocycles. The van der Waals surface area contributed by atoms with E-state index in [0.29, 0.717) is 0 Å². The standard InChI is InChI=1S/C8H19O2P/c1-6(9)11(7(2)10)8(3,4)5/h6-7,9-10H,1-5H3. The summed E-state index contributed by atoms with van der Waals surface area (Å²) in [7, 11) is -0.709. The van der Waals surface area contributed by atoms with E-state index in [1.807, 2.05) is 0 Å². The van der Waals surface area contributed by atoms with Crippen LogP contribution >= 0.6 is 7.92 Å². The average molecular weight is 178 g/mol. The molecule has 2 atom stereocenters. The Labute approximate surface area is 70.4 Å². The van der Waals surface area contributed by atoms with Gasteiger partial charge in [-0.05, 0) is 26.9 Å². The molecule has 0 saturated carbocycles. The molecule has 0 aliphatic rings. The van der Waals surface area contributed by atoms with E-state index in [-0.39, 0.29) is 16.8 Å². The minimum atomic E-state index is -0.709. The second-order valence-corrected chi connectivity index (χ2v) is 7.49. The van der Waals surface area contributed by atoms with Crippen LogP contribution in [0.5, 0.6) is 0 Å². The van der Waals surface area contributed by atoms with Gasteiger partial charge in [-0.1, -0.05) is 20.8 Å². The lowest BCUT2D eigenvalue weighted by molar-refractivity contribution is 0.239. The van der Waals surface area contributed by atoms with Gasteiger partial charge in [-0.15, -0.1) is 0 Å². The molecule has 2 N–H and O–H groups in total. The van der Waals surface area contributed by atoms with Crippen molar-refractivity contribution in [3.05, 3.63) is 0 Å². The Hall–Kier alpha value is 0.350. The molecule has 0 bridgehead atoms. The summed E-state index contributed by atoms with van der Waals surface area (Å²) < 4.78 is 0. The van der Waals surface area contributed by atoms with E-state index < -0.39 is 7.92 Å². The Morgan fingerprint density at radius 3 is 1.27 bits per heavy atom. The van der Waals surface area contributed by atoms with Gasteiger partial charge in [0.1, 0.15) is 0 Å². The summed E-state index contributed by atoms with van der Waals surface area (Å²) >= 11 is 0. The lowest BCUT2D eigenvalue weighted by Crippen LogP contribution is -2.24. The zero-order valence-corrected chi connectivity index (χ0v) is 8.89. The topological polar surface area (TPSA) is 40.5 Å². The Morgan fingerprint density at radius 1 is 1.00 bits per heavy atom. The molecule has 0 aliphatic heterocycles. The molecular formula is C8H19O2P. The van der Waals surface area contributed by atoms with Gasteiger partial charge < -0.3 is 10.2 Å². The van der Waals surface area contributed by atoms with Crippen LogP contribution in [0.2, 0.25) is 0 Å². The van der Waals surface area contributed by atoms with Crippen molar-refractivity contribution in [1.29, 1.82) is 0 Å². The number of rotatable bonds is 2. The van der Waals surface area contributed by atoms with Crippen molar-refractivity contribution in [3.63, 3.8) is 0 Å². The van der Waals surface area contributed by atoms with Crippen LogP contribution in [0.4, 0.5) is 0 Å². The van der Waals surface area contributed by atoms with Crippen molar-refractivity contribution < 1.29 is 10.2 Å². The predicted molar refractivity (Wildman–Crippen MR) is 50.0 cm³/mol. The fraction of sp³-hybridized carbons (Fsp3) is 1.00. The van der Waals surface area contributed by atoms with Crippen LogP contribution in [0, 0.1) is 0 Å². The summed E-state index contributed by atoms with van der Waals surface area (Å²) in [5.41, 5.74) is 0. The second-order valence-electron chi connectivity index (χ2n) is 3.84. The second kappa shape index (κ2) is 3.84. The molecule has 0 aromatic rings. The SMILES string of the molecule is CC(O)P(C(C)O)C(C)(C)C. The highest BCUT2D eigenvalue weighted by Crippen LogP contribution is 2.55. The molecule has 0 amide bonds. The van der Waals surface area contributed by atoms with Gasteiger partial charge in [-0.25, -0.2) is 0 Å². The summed E-state index contributed by atoms with van der Waals surface area (Å²) in [6.07, 6.45) is 0. The largest absolute Gasteiger partial charge is 0.389 e. The number of aliphatic hydroxyl groups is 2. The van der Waals surface area contributed by atoms with E-state index in [9.17, 15) is 10.2 Å². The van der Waals surface area contributed by atoms with E-state index in [0.717, 1.165) is 0 Å². The molecule has 0 aromatic carbocycles. The monoisotopic (exact) mass is 178 g/mol. The van der Waals surface area contributed by atoms with Crippen molar-refractivity contribution in [3.8, 4) is 0 Å². The van der Waals surface area contributed by atoms with E-state index in [1.165, 1.54) is 0 Å². The third-order valence-electron chi connectivity index (χ3n) is 1.58. The smallest absolute Gasteiger partial charge is 0.0732 e. The van der Waals surface area contributed by atoms with Crippen LogP contribution in [0.1, 0.15) is 34.6 Å². The zero-order chi connectivity index (χ0) is 9.23. The first-order valence-electron chi connectivity index (χ1n) is 3.91. The first-order chi connectivity index (χ1) is 4.76. The lowest BCUT2D eigenvalue weighted by Gasteiger charge is -2.35. The van der Waals surface area contributed by atoms with E-state index >= 15 is 0 Å². The van der Waals surface area contributed by atoms with Crippen LogP contribution in [-0.2, 0) is 0 Å². The zero-order valence-electron chi connectivity index (χ0n) is 8.00. The predicted octanol–water partition coefficient (Wildman–Crippen LogP) is 1.94. The molecule has 0 rings (SSSR count). The third kappa shape index (κ3) is 3.50. The summed E-state index contributed by atoms with van der Waals surface area (Å²) in [5.74, 6) is -0.769. The Balaban J connectivity index is 4.35. The first kappa shape index (κ1) is 11.4. The van der Waals surface area contributed by atoms with E-state index in [2.05, 4.69) is 20.8 Å². The van der Waals surface area contributed by atoms with Crippen molar-refractivity contribution in [2.75, 3.05) is 0 Å². The molecule has 11 heavy (non-hydrogen) atoms. The normalized spacial score (nSPS) is 21.0. The third-order valence-corrected chi connectivity index (χ3v) is 4.74. The molecular weight excluding hydrogens is 159 g/mol. The lowest BCUT2D eigenvalue weighted by atomic mass is 10.3. The maximum atomic E-state index is 9.39. The summed E-state index contributed by atoms with van der Waals surface area (Å²) in [4.78, 5) is 0. The highest BCUT2D eigenvalue weighted by molar-refractivity contribution is 7.60. The molecule has 0 saturated heterocycles. The molecule has 0 aromatic heterocycles. The fourth-order valence-corrected chi connectivity index (χ4v) is 4.30. The highest BCUT2D eigenvalue weighted by Gasteiger charge is 2.31. The Bertz CT molecular complexity index is 108. The van der Waals surface area contributed by atoms with Crippen molar-refractivity contribution in [2.45, 2.75) is 51.5 Å². The van der Waals surface area contributed by atoms with E-state index in [1.54, 1.807) is 13.8 Å². The van der Waals surface area contributed by atoms with Gasteiger partial charge in [0.25, 0.3) is 0 Å². The maximum Gasteiger partial charge on any atom is 0.0732 e. The van der Waals surface area contributed by atoms with Crippen LogP contribution < -0.4 is 0 Å². The van der Waals surface area contributed by atoms with E-state index in [4.69, 9.17) is 0 Å². The summed E-state index contributed by atoms with van der Waals surface area (Å²) in [5, 5.41) is 18.8. The number of hydrogen-bond acceptors (Lipinski definition) is 2. The Kier molecular flexibility index (Phi) is 3.96. The number of hydrogen-bond donors (Lipinski definition) is 2. The maximum absolute atomic E-state index is 9.39. The van der Waals surface area contributed by atoms with Gasteiger partial charge in [-0.3, -0.25) is 0 Å². The van der Waals surface area contributed by atoms with Crippen LogP contribution in [0.25, 0.3) is 0 Å². The summed E-state index contributed by atoms with van der Waals surface area (Å²) in [6.45, 7) is 9.67. The van der Waals surface area contributed by atoms with Crippen LogP contribution in [0.15, 0.2) is 0 Å². The minimum Gasteiger partial charge on any atom is -0.389 e. The first-order valence-corrected chi connectivity index (χ1v) is 5.39.